The summed E-state index contributed by atoms with van der Waals surface area (Å²) >= 11 is 0. The second-order valence-corrected chi connectivity index (χ2v) is 6.92. The first kappa shape index (κ1) is 19.3. The van der Waals surface area contributed by atoms with Crippen molar-refractivity contribution in [2.24, 2.45) is 0 Å². The van der Waals surface area contributed by atoms with Gasteiger partial charge in [0.05, 0.1) is 17.5 Å². The van der Waals surface area contributed by atoms with Crippen molar-refractivity contribution in [3.8, 4) is 6.07 Å². The van der Waals surface area contributed by atoms with Gasteiger partial charge >= 0.3 is 11.8 Å². The number of furan rings is 1. The number of hydrogen-bond acceptors (Lipinski definition) is 5. The molecule has 1 aromatic heterocycles. The van der Waals surface area contributed by atoms with E-state index in [0.717, 1.165) is 18.7 Å². The molecule has 0 fully saturated rings. The van der Waals surface area contributed by atoms with Gasteiger partial charge in [-0.05, 0) is 42.3 Å². The Hall–Kier alpha value is -4.05. The van der Waals surface area contributed by atoms with Gasteiger partial charge in [-0.1, -0.05) is 30.3 Å². The second-order valence-electron chi connectivity index (χ2n) is 6.92. The zero-order valence-corrected chi connectivity index (χ0v) is 16.2. The van der Waals surface area contributed by atoms with Gasteiger partial charge in [-0.15, -0.1) is 0 Å². The predicted molar refractivity (Wildman–Crippen MR) is 112 cm³/mol. The van der Waals surface area contributed by atoms with E-state index < -0.39 is 11.8 Å². The standard InChI is InChI=1S/C23H20N4O3/c24-14-17-7-1-3-8-18(17)26-23(29)22(28)25-15-20(21-10-5-13-30-21)27-12-11-16-6-2-4-9-19(16)27/h1-10,13,20H,11-12,15H2,(H,25,28)(H,26,29). The number of amides is 2. The molecule has 0 spiro atoms. The summed E-state index contributed by atoms with van der Waals surface area (Å²) in [6.07, 6.45) is 2.50. The van der Waals surface area contributed by atoms with E-state index in [-0.39, 0.29) is 12.6 Å². The lowest BCUT2D eigenvalue weighted by Crippen LogP contribution is -2.41. The van der Waals surface area contributed by atoms with E-state index in [0.29, 0.717) is 17.0 Å². The van der Waals surface area contributed by atoms with Gasteiger partial charge in [-0.25, -0.2) is 0 Å². The molecule has 0 aliphatic carbocycles. The van der Waals surface area contributed by atoms with Crippen LogP contribution in [0.2, 0.25) is 0 Å². The maximum atomic E-state index is 12.4. The molecule has 7 nitrogen and oxygen atoms in total. The average Bonchev–Trinajstić information content (AvgIpc) is 3.45. The van der Waals surface area contributed by atoms with Crippen LogP contribution in [0.1, 0.15) is 22.9 Å². The molecule has 4 rings (SSSR count). The molecule has 3 aromatic rings. The highest BCUT2D eigenvalue weighted by Gasteiger charge is 2.29. The minimum absolute atomic E-state index is 0.202. The Kier molecular flexibility index (Phi) is 5.48. The highest BCUT2D eigenvalue weighted by Crippen LogP contribution is 2.34. The fourth-order valence-corrected chi connectivity index (χ4v) is 3.67. The fraction of sp³-hybridized carbons (Fsp3) is 0.174. The third-order valence-corrected chi connectivity index (χ3v) is 5.13. The smallest absolute Gasteiger partial charge is 0.313 e. The largest absolute Gasteiger partial charge is 0.467 e. The Balaban J connectivity index is 1.46. The summed E-state index contributed by atoms with van der Waals surface area (Å²) in [6, 6.07) is 20.1. The maximum absolute atomic E-state index is 12.4. The first-order valence-electron chi connectivity index (χ1n) is 9.63. The molecule has 30 heavy (non-hydrogen) atoms. The van der Waals surface area contributed by atoms with Crippen LogP contribution in [0.3, 0.4) is 0 Å². The lowest BCUT2D eigenvalue weighted by molar-refractivity contribution is -0.136. The van der Waals surface area contributed by atoms with Gasteiger partial charge in [0.15, 0.2) is 0 Å². The molecule has 2 N–H and O–H groups in total. The predicted octanol–water partition coefficient (Wildman–Crippen LogP) is 3.01. The van der Waals surface area contributed by atoms with Gasteiger partial charge in [0.25, 0.3) is 0 Å². The molecule has 1 aliphatic rings. The number of nitriles is 1. The Morgan fingerprint density at radius 1 is 1.07 bits per heavy atom. The number of hydrogen-bond donors (Lipinski definition) is 2. The summed E-state index contributed by atoms with van der Waals surface area (Å²) < 4.78 is 5.61. The normalized spacial score (nSPS) is 13.2. The van der Waals surface area contributed by atoms with Crippen molar-refractivity contribution in [1.82, 2.24) is 5.32 Å². The summed E-state index contributed by atoms with van der Waals surface area (Å²) in [5, 5.41) is 14.3. The molecular formula is C23H20N4O3. The van der Waals surface area contributed by atoms with Crippen LogP contribution in [-0.2, 0) is 16.0 Å². The van der Waals surface area contributed by atoms with Crippen LogP contribution in [-0.4, -0.2) is 24.9 Å². The highest BCUT2D eigenvalue weighted by molar-refractivity contribution is 6.39. The SMILES string of the molecule is N#Cc1ccccc1NC(=O)C(=O)NCC(c1ccco1)N1CCc2ccccc21. The van der Waals surface area contributed by atoms with E-state index in [9.17, 15) is 9.59 Å². The van der Waals surface area contributed by atoms with E-state index in [2.05, 4.69) is 21.6 Å². The van der Waals surface area contributed by atoms with E-state index in [1.807, 2.05) is 30.3 Å². The number of carbonyl (C=O) groups is 2. The van der Waals surface area contributed by atoms with Crippen LogP contribution in [0.25, 0.3) is 0 Å². The summed E-state index contributed by atoms with van der Waals surface area (Å²) in [4.78, 5) is 26.9. The maximum Gasteiger partial charge on any atom is 0.313 e. The molecule has 150 valence electrons. The molecular weight excluding hydrogens is 380 g/mol. The third kappa shape index (κ3) is 3.89. The number of benzene rings is 2. The highest BCUT2D eigenvalue weighted by atomic mass is 16.3. The summed E-state index contributed by atoms with van der Waals surface area (Å²) in [7, 11) is 0. The molecule has 0 radical (unpaired) electrons. The molecule has 1 unspecified atom stereocenters. The Morgan fingerprint density at radius 2 is 1.87 bits per heavy atom. The van der Waals surface area contributed by atoms with Crippen LogP contribution in [0.15, 0.2) is 71.3 Å². The Bertz CT molecular complexity index is 1100. The van der Waals surface area contributed by atoms with Crippen molar-refractivity contribution in [3.05, 3.63) is 83.8 Å². The molecule has 1 aliphatic heterocycles. The van der Waals surface area contributed by atoms with Crippen LogP contribution in [0.5, 0.6) is 0 Å². The number of nitrogens with zero attached hydrogens (tertiary/aromatic N) is 2. The minimum Gasteiger partial charge on any atom is -0.467 e. The topological polar surface area (TPSA) is 98.4 Å². The van der Waals surface area contributed by atoms with Crippen LogP contribution in [0.4, 0.5) is 11.4 Å². The lowest BCUT2D eigenvalue weighted by Gasteiger charge is -2.29. The molecule has 0 bridgehead atoms. The molecule has 2 aromatic carbocycles. The van der Waals surface area contributed by atoms with Gasteiger partial charge in [-0.2, -0.15) is 5.26 Å². The van der Waals surface area contributed by atoms with E-state index in [4.69, 9.17) is 9.68 Å². The lowest BCUT2D eigenvalue weighted by atomic mass is 10.1. The second kappa shape index (κ2) is 8.53. The number of rotatable bonds is 5. The summed E-state index contributed by atoms with van der Waals surface area (Å²) in [5.41, 5.74) is 2.93. The van der Waals surface area contributed by atoms with Crippen molar-refractivity contribution in [2.45, 2.75) is 12.5 Å². The minimum atomic E-state index is -0.822. The molecule has 0 saturated carbocycles. The molecule has 7 heteroatoms. The molecule has 1 atom stereocenters. The van der Waals surface area contributed by atoms with Gasteiger partial charge in [0.1, 0.15) is 17.9 Å². The summed E-state index contributed by atoms with van der Waals surface area (Å²) in [5.74, 6) is -0.883. The number of anilines is 2. The first-order valence-corrected chi connectivity index (χ1v) is 9.63. The van der Waals surface area contributed by atoms with E-state index >= 15 is 0 Å². The van der Waals surface area contributed by atoms with Crippen molar-refractivity contribution < 1.29 is 14.0 Å². The van der Waals surface area contributed by atoms with Crippen molar-refractivity contribution in [3.63, 3.8) is 0 Å². The average molecular weight is 400 g/mol. The van der Waals surface area contributed by atoms with Gasteiger partial charge in [0, 0.05) is 18.8 Å². The molecule has 2 heterocycles. The van der Waals surface area contributed by atoms with E-state index in [1.54, 1.807) is 36.6 Å². The van der Waals surface area contributed by atoms with Gasteiger partial charge < -0.3 is 20.0 Å². The number of fused-ring (bicyclic) bond motifs is 1. The zero-order chi connectivity index (χ0) is 20.9. The van der Waals surface area contributed by atoms with Crippen LogP contribution >= 0.6 is 0 Å². The number of carbonyl (C=O) groups excluding carboxylic acids is 2. The Morgan fingerprint density at radius 3 is 2.67 bits per heavy atom. The van der Waals surface area contributed by atoms with Crippen molar-refractivity contribution in [1.29, 1.82) is 5.26 Å². The molecule has 2 amide bonds. The van der Waals surface area contributed by atoms with Gasteiger partial charge in [-0.3, -0.25) is 9.59 Å². The monoisotopic (exact) mass is 400 g/mol. The fourth-order valence-electron chi connectivity index (χ4n) is 3.67. The third-order valence-electron chi connectivity index (χ3n) is 5.13. The number of nitrogens with one attached hydrogen (secondary N) is 2. The Labute approximate surface area is 173 Å². The number of para-hydroxylation sites is 2. The van der Waals surface area contributed by atoms with Gasteiger partial charge in [0.2, 0.25) is 0 Å². The van der Waals surface area contributed by atoms with Crippen molar-refractivity contribution >= 4 is 23.2 Å². The molecule has 0 saturated heterocycles. The van der Waals surface area contributed by atoms with Crippen LogP contribution < -0.4 is 15.5 Å². The zero-order valence-electron chi connectivity index (χ0n) is 16.2. The first-order chi connectivity index (χ1) is 14.7. The van der Waals surface area contributed by atoms with Crippen molar-refractivity contribution in [2.75, 3.05) is 23.3 Å². The summed E-state index contributed by atoms with van der Waals surface area (Å²) in [6.45, 7) is 0.996. The van der Waals surface area contributed by atoms with E-state index in [1.165, 1.54) is 5.56 Å². The quantitative estimate of drug-likeness (QED) is 0.642. The van der Waals surface area contributed by atoms with Crippen LogP contribution in [0, 0.1) is 11.3 Å².